The van der Waals surface area contributed by atoms with Crippen molar-refractivity contribution in [3.05, 3.63) is 0 Å². The minimum atomic E-state index is 0.226. The third-order valence-corrected chi connectivity index (χ3v) is 2.92. The molecule has 1 aliphatic heterocycles. The molecule has 0 amide bonds. The van der Waals surface area contributed by atoms with E-state index in [0.29, 0.717) is 6.54 Å². The standard InChI is InChI=1S/C12H23N3/c1-12(2,3)14-10-11-4-7-15(8-5-11)9-6-13/h11,14H,4-5,7-10H2,1-3H3. The molecule has 1 aliphatic rings. The lowest BCUT2D eigenvalue weighted by atomic mass is 9.95. The fourth-order valence-electron chi connectivity index (χ4n) is 1.90. The summed E-state index contributed by atoms with van der Waals surface area (Å²) in [5.74, 6) is 0.791. The molecule has 0 spiro atoms. The molecular weight excluding hydrogens is 186 g/mol. The molecule has 3 nitrogen and oxygen atoms in total. The molecule has 15 heavy (non-hydrogen) atoms. The van der Waals surface area contributed by atoms with Gasteiger partial charge in [-0.3, -0.25) is 4.90 Å². The van der Waals surface area contributed by atoms with E-state index < -0.39 is 0 Å². The second kappa shape index (κ2) is 5.48. The molecule has 1 saturated heterocycles. The van der Waals surface area contributed by atoms with Crippen molar-refractivity contribution >= 4 is 0 Å². The van der Waals surface area contributed by atoms with Gasteiger partial charge in [0.25, 0.3) is 0 Å². The van der Waals surface area contributed by atoms with E-state index in [2.05, 4.69) is 37.1 Å². The largest absolute Gasteiger partial charge is 0.312 e. The minimum Gasteiger partial charge on any atom is -0.312 e. The van der Waals surface area contributed by atoms with Crippen molar-refractivity contribution in [1.29, 1.82) is 5.26 Å². The van der Waals surface area contributed by atoms with Gasteiger partial charge in [-0.1, -0.05) is 0 Å². The summed E-state index contributed by atoms with van der Waals surface area (Å²) in [7, 11) is 0. The van der Waals surface area contributed by atoms with Crippen LogP contribution in [-0.4, -0.2) is 36.6 Å². The number of nitriles is 1. The van der Waals surface area contributed by atoms with Gasteiger partial charge in [0, 0.05) is 5.54 Å². The first-order chi connectivity index (χ1) is 7.01. The number of piperidine rings is 1. The Balaban J connectivity index is 2.18. The van der Waals surface area contributed by atoms with Crippen molar-refractivity contribution in [2.24, 2.45) is 5.92 Å². The molecular formula is C12H23N3. The fraction of sp³-hybridized carbons (Fsp3) is 0.917. The summed E-state index contributed by atoms with van der Waals surface area (Å²) in [6, 6.07) is 2.22. The predicted octanol–water partition coefficient (Wildman–Crippen LogP) is 1.61. The van der Waals surface area contributed by atoms with E-state index in [4.69, 9.17) is 5.26 Å². The van der Waals surface area contributed by atoms with Gasteiger partial charge in [-0.25, -0.2) is 0 Å². The Kier molecular flexibility index (Phi) is 4.56. The second-order valence-corrected chi connectivity index (χ2v) is 5.51. The van der Waals surface area contributed by atoms with E-state index in [1.807, 2.05) is 0 Å². The fourth-order valence-corrected chi connectivity index (χ4v) is 1.90. The molecule has 0 aliphatic carbocycles. The quantitative estimate of drug-likeness (QED) is 0.718. The molecule has 3 heteroatoms. The van der Waals surface area contributed by atoms with Crippen LogP contribution in [0.1, 0.15) is 33.6 Å². The molecule has 0 atom stereocenters. The van der Waals surface area contributed by atoms with E-state index in [-0.39, 0.29) is 5.54 Å². The van der Waals surface area contributed by atoms with Crippen molar-refractivity contribution in [3.63, 3.8) is 0 Å². The summed E-state index contributed by atoms with van der Waals surface area (Å²) in [5, 5.41) is 12.1. The number of nitrogens with one attached hydrogen (secondary N) is 1. The van der Waals surface area contributed by atoms with Crippen molar-refractivity contribution in [1.82, 2.24) is 10.2 Å². The predicted molar refractivity (Wildman–Crippen MR) is 62.5 cm³/mol. The smallest absolute Gasteiger partial charge is 0.0865 e. The van der Waals surface area contributed by atoms with Crippen LogP contribution in [0.5, 0.6) is 0 Å². The summed E-state index contributed by atoms with van der Waals surface area (Å²) in [6.45, 7) is 10.5. The summed E-state index contributed by atoms with van der Waals surface area (Å²) < 4.78 is 0. The van der Waals surface area contributed by atoms with E-state index in [0.717, 1.165) is 25.6 Å². The summed E-state index contributed by atoms with van der Waals surface area (Å²) in [6.07, 6.45) is 2.45. The normalized spacial score (nSPS) is 20.1. The maximum absolute atomic E-state index is 8.59. The maximum atomic E-state index is 8.59. The molecule has 1 heterocycles. The van der Waals surface area contributed by atoms with E-state index >= 15 is 0 Å². The van der Waals surface area contributed by atoms with Gasteiger partial charge in [-0.15, -0.1) is 0 Å². The number of likely N-dealkylation sites (tertiary alicyclic amines) is 1. The maximum Gasteiger partial charge on any atom is 0.0865 e. The molecule has 1 rings (SSSR count). The molecule has 1 fully saturated rings. The van der Waals surface area contributed by atoms with E-state index in [9.17, 15) is 0 Å². The van der Waals surface area contributed by atoms with Crippen LogP contribution in [0.15, 0.2) is 0 Å². The first-order valence-corrected chi connectivity index (χ1v) is 5.85. The van der Waals surface area contributed by atoms with Crippen molar-refractivity contribution in [3.8, 4) is 6.07 Å². The van der Waals surface area contributed by atoms with Crippen molar-refractivity contribution in [2.75, 3.05) is 26.2 Å². The summed E-state index contributed by atoms with van der Waals surface area (Å²) in [4.78, 5) is 2.24. The highest BCUT2D eigenvalue weighted by Gasteiger charge is 2.20. The number of rotatable bonds is 3. The zero-order valence-corrected chi connectivity index (χ0v) is 10.2. The Morgan fingerprint density at radius 1 is 1.33 bits per heavy atom. The first kappa shape index (κ1) is 12.5. The Labute approximate surface area is 93.5 Å². The molecule has 0 unspecified atom stereocenters. The average Bonchev–Trinajstić information content (AvgIpc) is 2.16. The van der Waals surface area contributed by atoms with Crippen LogP contribution in [0, 0.1) is 17.2 Å². The van der Waals surface area contributed by atoms with Gasteiger partial charge < -0.3 is 5.32 Å². The number of nitrogens with zero attached hydrogens (tertiary/aromatic N) is 2. The average molecular weight is 209 g/mol. The monoisotopic (exact) mass is 209 g/mol. The molecule has 0 radical (unpaired) electrons. The van der Waals surface area contributed by atoms with Gasteiger partial charge in [0.1, 0.15) is 0 Å². The zero-order chi connectivity index (χ0) is 11.3. The number of hydrogen-bond donors (Lipinski definition) is 1. The Hall–Kier alpha value is -0.590. The van der Waals surface area contributed by atoms with Gasteiger partial charge in [0.2, 0.25) is 0 Å². The lowest BCUT2D eigenvalue weighted by Gasteiger charge is -2.32. The van der Waals surface area contributed by atoms with Gasteiger partial charge in [-0.05, 0) is 59.2 Å². The molecule has 1 N–H and O–H groups in total. The molecule has 0 aromatic heterocycles. The second-order valence-electron chi connectivity index (χ2n) is 5.51. The van der Waals surface area contributed by atoms with Crippen molar-refractivity contribution < 1.29 is 0 Å². The molecule has 0 aromatic rings. The third-order valence-electron chi connectivity index (χ3n) is 2.92. The third kappa shape index (κ3) is 5.15. The zero-order valence-electron chi connectivity index (χ0n) is 10.2. The van der Waals surface area contributed by atoms with Gasteiger partial charge in [0.05, 0.1) is 12.6 Å². The molecule has 0 saturated carbocycles. The van der Waals surface area contributed by atoms with Crippen LogP contribution in [0.25, 0.3) is 0 Å². The lowest BCUT2D eigenvalue weighted by Crippen LogP contribution is -2.42. The van der Waals surface area contributed by atoms with E-state index in [1.54, 1.807) is 0 Å². The Morgan fingerprint density at radius 2 is 1.93 bits per heavy atom. The minimum absolute atomic E-state index is 0.226. The molecule has 0 aromatic carbocycles. The molecule has 0 bridgehead atoms. The van der Waals surface area contributed by atoms with Crippen LogP contribution in [0.2, 0.25) is 0 Å². The van der Waals surface area contributed by atoms with Crippen LogP contribution in [0.4, 0.5) is 0 Å². The topological polar surface area (TPSA) is 39.1 Å². The summed E-state index contributed by atoms with van der Waals surface area (Å²) >= 11 is 0. The first-order valence-electron chi connectivity index (χ1n) is 5.85. The molecule has 86 valence electrons. The van der Waals surface area contributed by atoms with E-state index in [1.165, 1.54) is 12.8 Å². The highest BCUT2D eigenvalue weighted by Crippen LogP contribution is 2.16. The van der Waals surface area contributed by atoms with Gasteiger partial charge in [-0.2, -0.15) is 5.26 Å². The van der Waals surface area contributed by atoms with Crippen molar-refractivity contribution in [2.45, 2.75) is 39.2 Å². The Morgan fingerprint density at radius 3 is 2.40 bits per heavy atom. The lowest BCUT2D eigenvalue weighted by molar-refractivity contribution is 0.193. The SMILES string of the molecule is CC(C)(C)NCC1CCN(CC#N)CC1. The highest BCUT2D eigenvalue weighted by molar-refractivity contribution is 4.82. The van der Waals surface area contributed by atoms with Crippen LogP contribution >= 0.6 is 0 Å². The van der Waals surface area contributed by atoms with Crippen LogP contribution in [-0.2, 0) is 0 Å². The van der Waals surface area contributed by atoms with Gasteiger partial charge in [0.15, 0.2) is 0 Å². The summed E-state index contributed by atoms with van der Waals surface area (Å²) in [5.41, 5.74) is 0.226. The van der Waals surface area contributed by atoms with Gasteiger partial charge >= 0.3 is 0 Å². The Bertz CT molecular complexity index is 216. The highest BCUT2D eigenvalue weighted by atomic mass is 15.1. The van der Waals surface area contributed by atoms with Crippen LogP contribution < -0.4 is 5.32 Å². The number of hydrogen-bond acceptors (Lipinski definition) is 3. The van der Waals surface area contributed by atoms with Crippen LogP contribution in [0.3, 0.4) is 0 Å².